The van der Waals surface area contributed by atoms with Crippen molar-refractivity contribution in [3.8, 4) is 6.07 Å². The quantitative estimate of drug-likeness (QED) is 0.659. The Labute approximate surface area is 195 Å². The summed E-state index contributed by atoms with van der Waals surface area (Å²) in [5, 5.41) is 9.30. The van der Waals surface area contributed by atoms with Gasteiger partial charge in [-0.25, -0.2) is 0 Å². The largest absolute Gasteiger partial charge is 0.345 e. The Kier molecular flexibility index (Phi) is 6.44. The van der Waals surface area contributed by atoms with Crippen LogP contribution in [0.25, 0.3) is 0 Å². The van der Waals surface area contributed by atoms with Gasteiger partial charge in [0.05, 0.1) is 18.2 Å². The molecule has 3 aliphatic heterocycles. The van der Waals surface area contributed by atoms with E-state index < -0.39 is 0 Å². The predicted molar refractivity (Wildman–Crippen MR) is 123 cm³/mol. The fraction of sp³-hybridized carbons (Fsp3) is 0.600. The number of carbonyl (C=O) groups excluding carboxylic acids is 3. The van der Waals surface area contributed by atoms with E-state index in [1.807, 2.05) is 36.9 Å². The summed E-state index contributed by atoms with van der Waals surface area (Å²) in [5.41, 5.74) is 1.57. The van der Waals surface area contributed by atoms with Gasteiger partial charge in [0.15, 0.2) is 0 Å². The van der Waals surface area contributed by atoms with Gasteiger partial charge in [0.25, 0.3) is 5.91 Å². The maximum atomic E-state index is 13.3. The van der Waals surface area contributed by atoms with Crippen molar-refractivity contribution in [1.29, 1.82) is 5.26 Å². The average Bonchev–Trinajstić information content (AvgIpc) is 3.52. The number of likely N-dealkylation sites (tertiary alicyclic amines) is 3. The maximum absolute atomic E-state index is 13.3. The topological polar surface area (TPSA) is 88.0 Å². The predicted octanol–water partition coefficient (Wildman–Crippen LogP) is 1.89. The summed E-state index contributed by atoms with van der Waals surface area (Å²) in [6, 6.07) is 9.22. The van der Waals surface area contributed by atoms with Gasteiger partial charge in [0.1, 0.15) is 6.04 Å². The van der Waals surface area contributed by atoms with Crippen LogP contribution in [0, 0.1) is 17.2 Å². The summed E-state index contributed by atoms with van der Waals surface area (Å²) in [7, 11) is 3.46. The molecule has 0 unspecified atom stereocenters. The number of amides is 3. The fourth-order valence-corrected chi connectivity index (χ4v) is 5.63. The molecule has 5 atom stereocenters. The molecule has 8 nitrogen and oxygen atoms in total. The second-order valence-corrected chi connectivity index (χ2v) is 9.83. The normalized spacial score (nSPS) is 26.4. The third kappa shape index (κ3) is 4.22. The molecule has 0 radical (unpaired) electrons. The minimum absolute atomic E-state index is 0.0156. The lowest BCUT2D eigenvalue weighted by Crippen LogP contribution is -2.53. The van der Waals surface area contributed by atoms with Crippen LogP contribution in [0.1, 0.15) is 55.1 Å². The van der Waals surface area contributed by atoms with E-state index in [0.29, 0.717) is 18.7 Å². The number of piperazine rings is 1. The minimum Gasteiger partial charge on any atom is -0.345 e. The van der Waals surface area contributed by atoms with Crippen molar-refractivity contribution in [2.24, 2.45) is 5.92 Å². The average molecular weight is 452 g/mol. The van der Waals surface area contributed by atoms with Crippen LogP contribution < -0.4 is 0 Å². The first-order valence-electron chi connectivity index (χ1n) is 11.8. The molecule has 3 amide bonds. The zero-order valence-corrected chi connectivity index (χ0v) is 19.9. The molecule has 1 aromatic rings. The summed E-state index contributed by atoms with van der Waals surface area (Å²) < 4.78 is 0. The summed E-state index contributed by atoms with van der Waals surface area (Å²) >= 11 is 0. The molecule has 3 fully saturated rings. The van der Waals surface area contributed by atoms with Crippen LogP contribution in [0.5, 0.6) is 0 Å². The summed E-state index contributed by atoms with van der Waals surface area (Å²) in [6.45, 7) is 5.85. The van der Waals surface area contributed by atoms with E-state index in [1.54, 1.807) is 30.0 Å². The molecule has 4 rings (SSSR count). The van der Waals surface area contributed by atoms with E-state index >= 15 is 0 Å². The van der Waals surface area contributed by atoms with Crippen molar-refractivity contribution in [2.75, 3.05) is 33.7 Å². The maximum Gasteiger partial charge on any atom is 0.253 e. The highest BCUT2D eigenvalue weighted by atomic mass is 16.2. The van der Waals surface area contributed by atoms with Crippen LogP contribution >= 0.6 is 0 Å². The summed E-state index contributed by atoms with van der Waals surface area (Å²) in [6.07, 6.45) is 2.39. The standard InChI is InChI=1S/C25H33N5O3/c1-16(23(31)29-10-6-9-20(29)13-26)14-28-15-21-12-22(28)25(33)30(21)17(2)18-7-5-8-19(11-18)24(32)27(3)4/h5,7-8,11,16-17,20-22H,6,9-10,12,14-15H2,1-4H3/t16-,17-,20-,21-,22-/m0/s1. The Balaban J connectivity index is 1.41. The van der Waals surface area contributed by atoms with Crippen LogP contribution in [-0.4, -0.2) is 89.2 Å². The van der Waals surface area contributed by atoms with Gasteiger partial charge in [-0.15, -0.1) is 0 Å². The Bertz CT molecular complexity index is 986. The number of rotatable bonds is 6. The number of hydrogen-bond acceptors (Lipinski definition) is 5. The first-order chi connectivity index (χ1) is 15.7. The molecule has 2 bridgehead atoms. The molecule has 8 heteroatoms. The van der Waals surface area contributed by atoms with Crippen molar-refractivity contribution in [2.45, 2.75) is 57.3 Å². The Hall–Kier alpha value is -2.92. The number of fused-ring (bicyclic) bond motifs is 2. The highest BCUT2D eigenvalue weighted by molar-refractivity contribution is 5.94. The zero-order valence-electron chi connectivity index (χ0n) is 19.9. The van der Waals surface area contributed by atoms with Gasteiger partial charge in [-0.2, -0.15) is 5.26 Å². The Morgan fingerprint density at radius 2 is 2.03 bits per heavy atom. The van der Waals surface area contributed by atoms with Gasteiger partial charge in [-0.1, -0.05) is 19.1 Å². The van der Waals surface area contributed by atoms with Gasteiger partial charge in [-0.05, 0) is 43.9 Å². The molecular formula is C25H33N5O3. The van der Waals surface area contributed by atoms with Crippen molar-refractivity contribution in [1.82, 2.24) is 19.6 Å². The molecule has 0 aliphatic carbocycles. The molecule has 0 N–H and O–H groups in total. The number of benzene rings is 1. The second-order valence-electron chi connectivity index (χ2n) is 9.83. The fourth-order valence-electron chi connectivity index (χ4n) is 5.63. The highest BCUT2D eigenvalue weighted by Gasteiger charge is 2.51. The van der Waals surface area contributed by atoms with E-state index in [1.165, 1.54) is 0 Å². The third-order valence-electron chi connectivity index (χ3n) is 7.37. The lowest BCUT2D eigenvalue weighted by molar-refractivity contribution is -0.142. The smallest absolute Gasteiger partial charge is 0.253 e. The lowest BCUT2D eigenvalue weighted by atomic mass is 10.0. The van der Waals surface area contributed by atoms with Crippen molar-refractivity contribution in [3.05, 3.63) is 35.4 Å². The van der Waals surface area contributed by atoms with E-state index in [-0.39, 0.29) is 47.8 Å². The summed E-state index contributed by atoms with van der Waals surface area (Å²) in [4.78, 5) is 45.9. The molecule has 0 aromatic heterocycles. The van der Waals surface area contributed by atoms with Gasteiger partial charge >= 0.3 is 0 Å². The number of nitriles is 1. The molecule has 3 aliphatic rings. The van der Waals surface area contributed by atoms with Crippen molar-refractivity contribution < 1.29 is 14.4 Å². The van der Waals surface area contributed by atoms with E-state index in [4.69, 9.17) is 0 Å². The molecule has 3 saturated heterocycles. The Morgan fingerprint density at radius 3 is 2.70 bits per heavy atom. The molecule has 1 aromatic carbocycles. The van der Waals surface area contributed by atoms with Crippen LogP contribution in [0.15, 0.2) is 24.3 Å². The number of hydrogen-bond donors (Lipinski definition) is 0. The highest BCUT2D eigenvalue weighted by Crippen LogP contribution is 2.38. The number of nitrogens with zero attached hydrogens (tertiary/aromatic N) is 5. The van der Waals surface area contributed by atoms with E-state index in [2.05, 4.69) is 11.0 Å². The second kappa shape index (κ2) is 9.14. The van der Waals surface area contributed by atoms with Crippen molar-refractivity contribution in [3.63, 3.8) is 0 Å². The van der Waals surface area contributed by atoms with Crippen molar-refractivity contribution >= 4 is 17.7 Å². The summed E-state index contributed by atoms with van der Waals surface area (Å²) in [5.74, 6) is -0.189. The monoisotopic (exact) mass is 451 g/mol. The third-order valence-corrected chi connectivity index (χ3v) is 7.37. The molecule has 3 heterocycles. The Morgan fingerprint density at radius 1 is 1.27 bits per heavy atom. The SMILES string of the molecule is C[C@@H](CN1C[C@@H]2C[C@H]1C(=O)N2[C@@H](C)c1cccc(C(=O)N(C)C)c1)C(=O)N1CCC[C@H]1C#N. The molecule has 0 saturated carbocycles. The lowest BCUT2D eigenvalue weighted by Gasteiger charge is -2.38. The first-order valence-corrected chi connectivity index (χ1v) is 11.8. The molecule has 176 valence electrons. The molecular weight excluding hydrogens is 418 g/mol. The van der Waals surface area contributed by atoms with Gasteiger partial charge in [0, 0.05) is 51.3 Å². The van der Waals surface area contributed by atoms with Crippen LogP contribution in [-0.2, 0) is 9.59 Å². The van der Waals surface area contributed by atoms with Gasteiger partial charge < -0.3 is 14.7 Å². The van der Waals surface area contributed by atoms with Crippen LogP contribution in [0.4, 0.5) is 0 Å². The molecule has 33 heavy (non-hydrogen) atoms. The first kappa shape index (κ1) is 23.2. The van der Waals surface area contributed by atoms with Crippen LogP contribution in [0.2, 0.25) is 0 Å². The van der Waals surface area contributed by atoms with E-state index in [0.717, 1.165) is 31.4 Å². The zero-order chi connectivity index (χ0) is 23.9. The minimum atomic E-state index is -0.317. The van der Waals surface area contributed by atoms with Gasteiger partial charge in [0.2, 0.25) is 11.8 Å². The van der Waals surface area contributed by atoms with Crippen LogP contribution in [0.3, 0.4) is 0 Å². The van der Waals surface area contributed by atoms with Gasteiger partial charge in [-0.3, -0.25) is 19.3 Å². The molecule has 0 spiro atoms. The number of carbonyl (C=O) groups is 3. The van der Waals surface area contributed by atoms with E-state index in [9.17, 15) is 19.6 Å².